The lowest BCUT2D eigenvalue weighted by Gasteiger charge is -2.28. The van der Waals surface area contributed by atoms with Crippen molar-refractivity contribution in [2.24, 2.45) is 11.8 Å². The minimum absolute atomic E-state index is 0.280. The van der Waals surface area contributed by atoms with Gasteiger partial charge in [0.2, 0.25) is 0 Å². The van der Waals surface area contributed by atoms with Gasteiger partial charge in [0.25, 0.3) is 0 Å². The van der Waals surface area contributed by atoms with Crippen LogP contribution in [0.25, 0.3) is 0 Å². The molecular formula is C17H38N2. The summed E-state index contributed by atoms with van der Waals surface area (Å²) in [4.78, 5) is 2.64. The van der Waals surface area contributed by atoms with E-state index in [4.69, 9.17) is 0 Å². The lowest BCUT2D eigenvalue weighted by atomic mass is 10.0. The molecule has 0 saturated carbocycles. The third kappa shape index (κ3) is 11.4. The van der Waals surface area contributed by atoms with E-state index >= 15 is 0 Å². The predicted molar refractivity (Wildman–Crippen MR) is 87.7 cm³/mol. The SMILES string of the molecule is CCC(C)(C)NCCN(CCC(C)C)CCC(C)C. The molecule has 0 fully saturated rings. The zero-order valence-electron chi connectivity index (χ0n) is 14.6. The molecular weight excluding hydrogens is 232 g/mol. The van der Waals surface area contributed by atoms with Gasteiger partial charge in [0.15, 0.2) is 0 Å². The summed E-state index contributed by atoms with van der Waals surface area (Å²) in [6, 6.07) is 0. The first-order chi connectivity index (χ1) is 8.76. The average molecular weight is 271 g/mol. The van der Waals surface area contributed by atoms with Crippen molar-refractivity contribution in [3.63, 3.8) is 0 Å². The Labute approximate surface area is 122 Å². The summed E-state index contributed by atoms with van der Waals surface area (Å²) in [5.41, 5.74) is 0.280. The largest absolute Gasteiger partial charge is 0.311 e. The zero-order chi connectivity index (χ0) is 14.9. The molecule has 2 nitrogen and oxygen atoms in total. The Morgan fingerprint density at radius 3 is 1.74 bits per heavy atom. The van der Waals surface area contributed by atoms with Crippen molar-refractivity contribution in [1.82, 2.24) is 10.2 Å². The minimum Gasteiger partial charge on any atom is -0.311 e. The fourth-order valence-electron chi connectivity index (χ4n) is 1.89. The fourth-order valence-corrected chi connectivity index (χ4v) is 1.89. The Hall–Kier alpha value is -0.0800. The number of nitrogens with one attached hydrogen (secondary N) is 1. The summed E-state index contributed by atoms with van der Waals surface area (Å²) in [7, 11) is 0. The van der Waals surface area contributed by atoms with Crippen molar-refractivity contribution >= 4 is 0 Å². The summed E-state index contributed by atoms with van der Waals surface area (Å²) in [6.07, 6.45) is 3.81. The molecule has 0 saturated heterocycles. The van der Waals surface area contributed by atoms with Crippen LogP contribution in [-0.2, 0) is 0 Å². The van der Waals surface area contributed by atoms with E-state index in [2.05, 4.69) is 58.7 Å². The first kappa shape index (κ1) is 18.9. The van der Waals surface area contributed by atoms with Crippen molar-refractivity contribution in [2.75, 3.05) is 26.2 Å². The van der Waals surface area contributed by atoms with Crippen molar-refractivity contribution in [3.8, 4) is 0 Å². The smallest absolute Gasteiger partial charge is 0.0123 e. The topological polar surface area (TPSA) is 15.3 Å². The predicted octanol–water partition coefficient (Wildman–Crippen LogP) is 4.16. The summed E-state index contributed by atoms with van der Waals surface area (Å²) in [5, 5.41) is 3.67. The van der Waals surface area contributed by atoms with Crippen molar-refractivity contribution < 1.29 is 0 Å². The van der Waals surface area contributed by atoms with Crippen LogP contribution < -0.4 is 5.32 Å². The number of hydrogen-bond donors (Lipinski definition) is 1. The first-order valence-corrected chi connectivity index (χ1v) is 8.24. The normalized spacial score (nSPS) is 12.9. The van der Waals surface area contributed by atoms with E-state index in [1.54, 1.807) is 0 Å². The maximum atomic E-state index is 3.67. The van der Waals surface area contributed by atoms with Gasteiger partial charge in [-0.05, 0) is 58.0 Å². The monoisotopic (exact) mass is 270 g/mol. The summed E-state index contributed by atoms with van der Waals surface area (Å²) in [5.74, 6) is 1.61. The molecule has 2 heteroatoms. The van der Waals surface area contributed by atoms with Gasteiger partial charge in [-0.25, -0.2) is 0 Å². The average Bonchev–Trinajstić information content (AvgIpc) is 2.31. The zero-order valence-corrected chi connectivity index (χ0v) is 14.6. The Kier molecular flexibility index (Phi) is 9.72. The van der Waals surface area contributed by atoms with Crippen LogP contribution in [0.5, 0.6) is 0 Å². The standard InChI is InChI=1S/C17H38N2/c1-8-17(6,7)18-11-14-19(12-9-15(2)3)13-10-16(4)5/h15-16,18H,8-14H2,1-7H3. The van der Waals surface area contributed by atoms with Crippen molar-refractivity contribution in [3.05, 3.63) is 0 Å². The molecule has 0 aromatic rings. The van der Waals surface area contributed by atoms with E-state index in [1.807, 2.05) is 0 Å². The minimum atomic E-state index is 0.280. The quantitative estimate of drug-likeness (QED) is 0.606. The maximum absolute atomic E-state index is 3.67. The molecule has 0 aliphatic carbocycles. The molecule has 0 rings (SSSR count). The second-order valence-corrected chi connectivity index (χ2v) is 7.37. The molecule has 0 heterocycles. The van der Waals surface area contributed by atoms with E-state index in [0.29, 0.717) is 0 Å². The van der Waals surface area contributed by atoms with Crippen LogP contribution >= 0.6 is 0 Å². The molecule has 0 spiro atoms. The van der Waals surface area contributed by atoms with E-state index in [-0.39, 0.29) is 5.54 Å². The molecule has 0 aliphatic heterocycles. The highest BCUT2D eigenvalue weighted by atomic mass is 15.1. The molecule has 0 atom stereocenters. The van der Waals surface area contributed by atoms with Gasteiger partial charge in [0.1, 0.15) is 0 Å². The van der Waals surface area contributed by atoms with Gasteiger partial charge in [-0.15, -0.1) is 0 Å². The molecule has 0 aromatic heterocycles. The van der Waals surface area contributed by atoms with Crippen LogP contribution in [0.4, 0.5) is 0 Å². The Morgan fingerprint density at radius 2 is 1.37 bits per heavy atom. The lowest BCUT2D eigenvalue weighted by molar-refractivity contribution is 0.232. The van der Waals surface area contributed by atoms with Crippen LogP contribution in [0.15, 0.2) is 0 Å². The molecule has 0 unspecified atom stereocenters. The van der Waals surface area contributed by atoms with Gasteiger partial charge in [0.05, 0.1) is 0 Å². The van der Waals surface area contributed by atoms with E-state index in [9.17, 15) is 0 Å². The van der Waals surface area contributed by atoms with Crippen LogP contribution in [0.2, 0.25) is 0 Å². The number of rotatable bonds is 11. The highest BCUT2D eigenvalue weighted by Gasteiger charge is 2.14. The molecule has 1 N–H and O–H groups in total. The second kappa shape index (κ2) is 9.77. The number of nitrogens with zero attached hydrogens (tertiary/aromatic N) is 1. The Bertz CT molecular complexity index is 197. The van der Waals surface area contributed by atoms with Crippen LogP contribution in [0, 0.1) is 11.8 Å². The van der Waals surface area contributed by atoms with Gasteiger partial charge < -0.3 is 10.2 Å². The Morgan fingerprint density at radius 1 is 0.895 bits per heavy atom. The third-order valence-corrected chi connectivity index (χ3v) is 3.96. The van der Waals surface area contributed by atoms with Crippen LogP contribution in [0.1, 0.15) is 67.7 Å². The lowest BCUT2D eigenvalue weighted by Crippen LogP contribution is -2.43. The van der Waals surface area contributed by atoms with E-state index in [1.165, 1.54) is 38.9 Å². The van der Waals surface area contributed by atoms with Gasteiger partial charge >= 0.3 is 0 Å². The molecule has 0 amide bonds. The van der Waals surface area contributed by atoms with Gasteiger partial charge in [-0.1, -0.05) is 34.6 Å². The fraction of sp³-hybridized carbons (Fsp3) is 1.00. The van der Waals surface area contributed by atoms with Crippen LogP contribution in [-0.4, -0.2) is 36.6 Å². The van der Waals surface area contributed by atoms with Crippen molar-refractivity contribution in [1.29, 1.82) is 0 Å². The van der Waals surface area contributed by atoms with Crippen LogP contribution in [0.3, 0.4) is 0 Å². The Balaban J connectivity index is 4.03. The first-order valence-electron chi connectivity index (χ1n) is 8.24. The van der Waals surface area contributed by atoms with Crippen molar-refractivity contribution in [2.45, 2.75) is 73.3 Å². The second-order valence-electron chi connectivity index (χ2n) is 7.37. The van der Waals surface area contributed by atoms with Gasteiger partial charge in [0, 0.05) is 18.6 Å². The summed E-state index contributed by atoms with van der Waals surface area (Å²) < 4.78 is 0. The highest BCUT2D eigenvalue weighted by Crippen LogP contribution is 2.08. The molecule has 116 valence electrons. The van der Waals surface area contributed by atoms with Gasteiger partial charge in [-0.3, -0.25) is 0 Å². The molecule has 0 aromatic carbocycles. The highest BCUT2D eigenvalue weighted by molar-refractivity contribution is 4.76. The summed E-state index contributed by atoms with van der Waals surface area (Å²) in [6.45, 7) is 20.9. The molecule has 19 heavy (non-hydrogen) atoms. The summed E-state index contributed by atoms with van der Waals surface area (Å²) >= 11 is 0. The number of hydrogen-bond acceptors (Lipinski definition) is 2. The maximum Gasteiger partial charge on any atom is 0.0123 e. The molecule has 0 aliphatic rings. The molecule has 0 bridgehead atoms. The van der Waals surface area contributed by atoms with E-state index < -0.39 is 0 Å². The van der Waals surface area contributed by atoms with E-state index in [0.717, 1.165) is 18.4 Å². The van der Waals surface area contributed by atoms with Gasteiger partial charge in [-0.2, -0.15) is 0 Å². The third-order valence-electron chi connectivity index (χ3n) is 3.96. The molecule has 0 radical (unpaired) electrons.